The molecule has 0 fully saturated rings. The summed E-state index contributed by atoms with van der Waals surface area (Å²) in [4.78, 5) is 30.8. The molecule has 3 aromatic rings. The second kappa shape index (κ2) is 8.95. The van der Waals surface area contributed by atoms with Crippen LogP contribution in [0.2, 0.25) is 0 Å². The number of nitrogens with one attached hydrogen (secondary N) is 1. The number of benzene rings is 3. The number of rotatable bonds is 5. The maximum Gasteiger partial charge on any atom is 0.264 e. The molecule has 1 aliphatic heterocycles. The number of nitrogens with zero attached hydrogens (tertiary/aromatic N) is 3. The Morgan fingerprint density at radius 2 is 1.67 bits per heavy atom. The third-order valence-electron chi connectivity index (χ3n) is 5.90. The number of hydrogen-bond donors (Lipinski definition) is 1. The Kier molecular flexibility index (Phi) is 6.13. The molecular weight excluding hydrogens is 476 g/mol. The van der Waals surface area contributed by atoms with E-state index in [1.165, 1.54) is 24.3 Å². The first-order valence-corrected chi connectivity index (χ1v) is 12.5. The van der Waals surface area contributed by atoms with Crippen molar-refractivity contribution in [3.05, 3.63) is 99.9 Å². The van der Waals surface area contributed by atoms with Gasteiger partial charge in [0.1, 0.15) is 0 Å². The standard InChI is InChI=1S/C27H22N4O4S/c1-27(2,3)19-9-11-21(12-10-19)36(34,35)30-22-13-8-18(15-28)23-24(22)26(33)31(25(23)32)16-17-6-5-7-20(14-17)29-4/h5-14,30H,16H2,1-3H3. The Hall–Kier alpha value is -4.47. The van der Waals surface area contributed by atoms with Gasteiger partial charge in [0.05, 0.1) is 46.5 Å². The predicted molar refractivity (Wildman–Crippen MR) is 134 cm³/mol. The van der Waals surface area contributed by atoms with E-state index in [0.29, 0.717) is 11.3 Å². The van der Waals surface area contributed by atoms with Crippen molar-refractivity contribution in [1.29, 1.82) is 5.26 Å². The molecule has 0 unspecified atom stereocenters. The van der Waals surface area contributed by atoms with E-state index < -0.39 is 21.8 Å². The van der Waals surface area contributed by atoms with Crippen molar-refractivity contribution in [1.82, 2.24) is 4.90 Å². The number of amides is 2. The molecule has 0 aromatic heterocycles. The molecule has 0 aliphatic carbocycles. The van der Waals surface area contributed by atoms with Crippen molar-refractivity contribution >= 4 is 33.2 Å². The molecule has 4 rings (SSSR count). The predicted octanol–water partition coefficient (Wildman–Crippen LogP) is 5.00. The van der Waals surface area contributed by atoms with Crippen LogP contribution >= 0.6 is 0 Å². The average Bonchev–Trinajstić information content (AvgIpc) is 3.09. The van der Waals surface area contributed by atoms with E-state index in [0.717, 1.165) is 10.5 Å². The van der Waals surface area contributed by atoms with Crippen molar-refractivity contribution < 1.29 is 18.0 Å². The number of imide groups is 1. The van der Waals surface area contributed by atoms with Crippen molar-refractivity contribution in [3.8, 4) is 6.07 Å². The smallest absolute Gasteiger partial charge is 0.264 e. The van der Waals surface area contributed by atoms with E-state index in [4.69, 9.17) is 6.57 Å². The van der Waals surface area contributed by atoms with Gasteiger partial charge in [-0.1, -0.05) is 57.2 Å². The number of nitriles is 1. The summed E-state index contributed by atoms with van der Waals surface area (Å²) in [5, 5.41) is 9.54. The van der Waals surface area contributed by atoms with Crippen LogP contribution in [0, 0.1) is 17.9 Å². The Balaban J connectivity index is 1.71. The number of anilines is 1. The molecule has 3 aromatic carbocycles. The third kappa shape index (κ3) is 4.45. The van der Waals surface area contributed by atoms with Crippen LogP contribution in [0.4, 0.5) is 11.4 Å². The van der Waals surface area contributed by atoms with Gasteiger partial charge >= 0.3 is 0 Å². The van der Waals surface area contributed by atoms with Gasteiger partial charge in [-0.25, -0.2) is 13.3 Å². The van der Waals surface area contributed by atoms with Crippen molar-refractivity contribution in [3.63, 3.8) is 0 Å². The maximum absolute atomic E-state index is 13.3. The Morgan fingerprint density at radius 1 is 1.00 bits per heavy atom. The molecule has 0 radical (unpaired) electrons. The zero-order chi connectivity index (χ0) is 26.3. The first-order valence-electron chi connectivity index (χ1n) is 11.0. The van der Waals surface area contributed by atoms with Crippen molar-refractivity contribution in [2.24, 2.45) is 0 Å². The lowest BCUT2D eigenvalue weighted by Crippen LogP contribution is -2.29. The molecule has 180 valence electrons. The average molecular weight is 499 g/mol. The van der Waals surface area contributed by atoms with Gasteiger partial charge in [0.15, 0.2) is 5.69 Å². The van der Waals surface area contributed by atoms with E-state index in [-0.39, 0.29) is 39.2 Å². The summed E-state index contributed by atoms with van der Waals surface area (Å²) in [5.41, 5.74) is 1.28. The molecular formula is C27H22N4O4S. The van der Waals surface area contributed by atoms with E-state index in [2.05, 4.69) is 9.57 Å². The lowest BCUT2D eigenvalue weighted by atomic mass is 9.87. The van der Waals surface area contributed by atoms with Crippen LogP contribution in [0.3, 0.4) is 0 Å². The Labute approximate surface area is 209 Å². The highest BCUT2D eigenvalue weighted by atomic mass is 32.2. The summed E-state index contributed by atoms with van der Waals surface area (Å²) >= 11 is 0. The fourth-order valence-corrected chi connectivity index (χ4v) is 5.05. The molecule has 8 nitrogen and oxygen atoms in total. The highest BCUT2D eigenvalue weighted by molar-refractivity contribution is 7.92. The summed E-state index contributed by atoms with van der Waals surface area (Å²) in [7, 11) is -4.09. The third-order valence-corrected chi connectivity index (χ3v) is 7.28. The second-order valence-electron chi connectivity index (χ2n) is 9.38. The summed E-state index contributed by atoms with van der Waals surface area (Å²) in [6, 6.07) is 17.4. The monoisotopic (exact) mass is 498 g/mol. The quantitative estimate of drug-likeness (QED) is 0.393. The van der Waals surface area contributed by atoms with Gasteiger partial charge in [-0.05, 0) is 40.8 Å². The van der Waals surface area contributed by atoms with Crippen LogP contribution in [0.15, 0.2) is 65.6 Å². The summed E-state index contributed by atoms with van der Waals surface area (Å²) in [6.07, 6.45) is 0. The Bertz CT molecular complexity index is 1590. The number of fused-ring (bicyclic) bond motifs is 1. The molecule has 0 saturated heterocycles. The highest BCUT2D eigenvalue weighted by Crippen LogP contribution is 2.34. The van der Waals surface area contributed by atoms with Gasteiger partial charge in [0.2, 0.25) is 0 Å². The molecule has 0 saturated carbocycles. The maximum atomic E-state index is 13.3. The van der Waals surface area contributed by atoms with Crippen LogP contribution < -0.4 is 4.72 Å². The van der Waals surface area contributed by atoms with Crippen LogP contribution in [0.1, 0.15) is 58.2 Å². The lowest BCUT2D eigenvalue weighted by molar-refractivity contribution is 0.0642. The zero-order valence-electron chi connectivity index (χ0n) is 19.9. The van der Waals surface area contributed by atoms with E-state index >= 15 is 0 Å². The van der Waals surface area contributed by atoms with Crippen molar-refractivity contribution in [2.75, 3.05) is 4.72 Å². The Morgan fingerprint density at radius 3 is 2.28 bits per heavy atom. The normalized spacial score (nSPS) is 13.2. The minimum absolute atomic E-state index is 0.00167. The van der Waals surface area contributed by atoms with Gasteiger partial charge in [-0.3, -0.25) is 19.2 Å². The molecule has 1 N–H and O–H groups in total. The number of carbonyl (C=O) groups is 2. The molecule has 1 heterocycles. The van der Waals surface area contributed by atoms with Gasteiger partial charge in [0.25, 0.3) is 21.8 Å². The van der Waals surface area contributed by atoms with Gasteiger partial charge < -0.3 is 0 Å². The second-order valence-corrected chi connectivity index (χ2v) is 11.1. The SMILES string of the molecule is [C-]#[N+]c1cccc(CN2C(=O)c3c(C#N)ccc(NS(=O)(=O)c4ccc(C(C)(C)C)cc4)c3C2=O)c1. The largest absolute Gasteiger partial charge is 0.279 e. The molecule has 1 aliphatic rings. The summed E-state index contributed by atoms with van der Waals surface area (Å²) in [5.74, 6) is -1.42. The molecule has 9 heteroatoms. The molecule has 2 amide bonds. The van der Waals surface area contributed by atoms with Crippen LogP contribution in [-0.4, -0.2) is 25.1 Å². The number of sulfonamides is 1. The molecule has 0 bridgehead atoms. The lowest BCUT2D eigenvalue weighted by Gasteiger charge is -2.19. The van der Waals surface area contributed by atoms with Crippen LogP contribution in [0.25, 0.3) is 4.85 Å². The summed E-state index contributed by atoms with van der Waals surface area (Å²) < 4.78 is 28.7. The molecule has 36 heavy (non-hydrogen) atoms. The minimum atomic E-state index is -4.09. The topological polar surface area (TPSA) is 112 Å². The van der Waals surface area contributed by atoms with E-state index in [1.54, 1.807) is 36.4 Å². The van der Waals surface area contributed by atoms with Crippen LogP contribution in [-0.2, 0) is 22.0 Å². The summed E-state index contributed by atoms with van der Waals surface area (Å²) in [6.45, 7) is 13.1. The minimum Gasteiger partial charge on any atom is -0.279 e. The van der Waals surface area contributed by atoms with E-state index in [1.807, 2.05) is 26.8 Å². The highest BCUT2D eigenvalue weighted by Gasteiger charge is 2.40. The zero-order valence-corrected chi connectivity index (χ0v) is 20.7. The molecule has 0 atom stereocenters. The van der Waals surface area contributed by atoms with Crippen LogP contribution in [0.5, 0.6) is 0 Å². The fraction of sp³-hybridized carbons (Fsp3) is 0.185. The first-order chi connectivity index (χ1) is 17.0. The first kappa shape index (κ1) is 24.6. The van der Waals surface area contributed by atoms with Gasteiger partial charge in [0, 0.05) is 0 Å². The number of hydrogen-bond acceptors (Lipinski definition) is 5. The van der Waals surface area contributed by atoms with Crippen molar-refractivity contribution in [2.45, 2.75) is 37.6 Å². The van der Waals surface area contributed by atoms with Gasteiger partial charge in [-0.2, -0.15) is 5.26 Å². The number of carbonyl (C=O) groups excluding carboxylic acids is 2. The van der Waals surface area contributed by atoms with Gasteiger partial charge in [-0.15, -0.1) is 0 Å². The van der Waals surface area contributed by atoms with E-state index in [9.17, 15) is 23.3 Å². The fourth-order valence-electron chi connectivity index (χ4n) is 3.98. The molecule has 0 spiro atoms.